The average Bonchev–Trinajstić information content (AvgIpc) is 1.38. The maximum absolute atomic E-state index is 4.89. The molecular weight excluding hydrogens is 108 g/mol. The van der Waals surface area contributed by atoms with Crippen molar-refractivity contribution in [2.75, 3.05) is 0 Å². The molecule has 6 heavy (non-hydrogen) atoms. The Hall–Kier alpha value is 0.394. The van der Waals surface area contributed by atoms with E-state index in [1.54, 1.807) is 0 Å². The monoisotopic (exact) mass is 122 g/mol. The zero-order chi connectivity index (χ0) is 4.28. The third kappa shape index (κ3) is 8.83. The highest BCUT2D eigenvalue weighted by Gasteiger charge is 1.77. The maximum Gasteiger partial charge on any atom is 0.146 e. The Labute approximate surface area is 46.7 Å². The van der Waals surface area contributed by atoms with Gasteiger partial charge in [-0.2, -0.15) is 0 Å². The molecule has 0 radical (unpaired) electrons. The van der Waals surface area contributed by atoms with E-state index >= 15 is 0 Å². The largest absolute Gasteiger partial charge is 0.426 e. The molecule has 0 unspecified atom stereocenters. The van der Waals surface area contributed by atoms with Gasteiger partial charge in [-0.25, -0.2) is 0 Å². The van der Waals surface area contributed by atoms with Gasteiger partial charge in [0.15, 0.2) is 0 Å². The summed E-state index contributed by atoms with van der Waals surface area (Å²) >= 11 is 0. The van der Waals surface area contributed by atoms with Crippen LogP contribution in [0.15, 0.2) is 0 Å². The molecule has 0 bridgehead atoms. The van der Waals surface area contributed by atoms with Crippen LogP contribution in [0.2, 0.25) is 0 Å². The molecule has 0 fully saturated rings. The van der Waals surface area contributed by atoms with Gasteiger partial charge in [0.05, 0.1) is 0 Å². The Morgan fingerprint density at radius 2 is 1.67 bits per heavy atom. The van der Waals surface area contributed by atoms with Gasteiger partial charge in [-0.1, -0.05) is 0 Å². The Kier molecular flexibility index (Phi) is 8.66. The first-order valence-electron chi connectivity index (χ1n) is 1.80. The van der Waals surface area contributed by atoms with Gasteiger partial charge in [-0.05, 0) is 24.8 Å². The molecule has 0 N–H and O–H groups in total. The van der Waals surface area contributed by atoms with Crippen LogP contribution in [0.3, 0.4) is 0 Å². The lowest BCUT2D eigenvalue weighted by Gasteiger charge is -1.95. The van der Waals surface area contributed by atoms with E-state index in [9.17, 15) is 0 Å². The molecule has 1 nitrogen and oxygen atoms in total. The predicted octanol–water partition coefficient (Wildman–Crippen LogP) is -1.76. The van der Waals surface area contributed by atoms with Crippen LogP contribution < -0.4 is 0 Å². The fourth-order valence-electron chi connectivity index (χ4n) is 0. The molecule has 0 aromatic heterocycles. The number of hydrogen-bond donors (Lipinski definition) is 0. The van der Waals surface area contributed by atoms with Crippen molar-refractivity contribution < 1.29 is 4.43 Å². The van der Waals surface area contributed by atoms with Crippen LogP contribution in [-0.2, 0) is 4.43 Å². The first-order valence-corrected chi connectivity index (χ1v) is 2.62. The Balaban J connectivity index is 0. The fraction of sp³-hybridized carbons (Fsp3) is 1.00. The Morgan fingerprint density at radius 1 is 1.50 bits per heavy atom. The summed E-state index contributed by atoms with van der Waals surface area (Å²) < 4.78 is 4.89. The van der Waals surface area contributed by atoms with E-state index in [0.29, 0.717) is 6.10 Å². The van der Waals surface area contributed by atoms with E-state index in [1.165, 1.54) is 0 Å². The van der Waals surface area contributed by atoms with Gasteiger partial charge in [0.1, 0.15) is 10.5 Å². The molecule has 0 heterocycles. The van der Waals surface area contributed by atoms with E-state index in [-0.39, 0.29) is 11.0 Å². The van der Waals surface area contributed by atoms with Crippen LogP contribution in [0.5, 0.6) is 0 Å². The van der Waals surface area contributed by atoms with E-state index in [4.69, 9.17) is 4.43 Å². The van der Waals surface area contributed by atoms with Crippen LogP contribution in [0.25, 0.3) is 0 Å². The summed E-state index contributed by atoms with van der Waals surface area (Å²) in [5.41, 5.74) is 0. The minimum absolute atomic E-state index is 0. The second-order valence-electron chi connectivity index (χ2n) is 1.28. The summed E-state index contributed by atoms with van der Waals surface area (Å²) in [7, 11) is 0.873. The van der Waals surface area contributed by atoms with Crippen LogP contribution >= 0.6 is 0 Å². The lowest BCUT2D eigenvalue weighted by Crippen LogP contribution is -1.95. The second kappa shape index (κ2) is 5.39. The van der Waals surface area contributed by atoms with Crippen molar-refractivity contribution >= 4 is 21.5 Å². The summed E-state index contributed by atoms with van der Waals surface area (Å²) in [6.07, 6.45) is 0.446. The topological polar surface area (TPSA) is 9.23 Å². The van der Waals surface area contributed by atoms with Crippen molar-refractivity contribution in [3.63, 3.8) is 0 Å². The van der Waals surface area contributed by atoms with Gasteiger partial charge >= 0.3 is 0 Å². The highest BCUT2D eigenvalue weighted by molar-refractivity contribution is 5.98. The molecule has 0 rings (SSSR count). The molecule has 0 spiro atoms. The summed E-state index contributed by atoms with van der Waals surface area (Å²) in [5.74, 6) is 0. The molecule has 0 saturated heterocycles. The van der Waals surface area contributed by atoms with E-state index in [2.05, 4.69) is 0 Å². The summed E-state index contributed by atoms with van der Waals surface area (Å²) in [6.45, 7) is 4.07. The predicted molar refractivity (Wildman–Crippen MR) is 37.5 cm³/mol. The quantitative estimate of drug-likeness (QED) is 0.375. The SMILES string of the molecule is CC(C)O[SiH3].[SiH4]. The zero-order valence-electron chi connectivity index (χ0n) is 3.99. The molecule has 40 valence electrons. The zero-order valence-corrected chi connectivity index (χ0v) is 5.99. The first-order chi connectivity index (χ1) is 2.27. The lowest BCUT2D eigenvalue weighted by atomic mass is 10.5. The van der Waals surface area contributed by atoms with Crippen molar-refractivity contribution in [1.82, 2.24) is 0 Å². The minimum Gasteiger partial charge on any atom is -0.426 e. The molecule has 0 atom stereocenters. The molecule has 0 aromatic rings. The second-order valence-corrected chi connectivity index (χ2v) is 1.76. The highest BCUT2D eigenvalue weighted by atomic mass is 28.2. The molecule has 0 saturated carbocycles. The fourth-order valence-corrected chi connectivity index (χ4v) is 0. The first kappa shape index (κ1) is 9.64. The average molecular weight is 122 g/mol. The van der Waals surface area contributed by atoms with Gasteiger partial charge < -0.3 is 4.43 Å². The van der Waals surface area contributed by atoms with Crippen molar-refractivity contribution in [3.05, 3.63) is 0 Å². The van der Waals surface area contributed by atoms with Gasteiger partial charge in [0.25, 0.3) is 0 Å². The number of rotatable bonds is 1. The molecule has 0 aliphatic rings. The summed E-state index contributed by atoms with van der Waals surface area (Å²) in [5, 5.41) is 0. The molecule has 0 amide bonds. The smallest absolute Gasteiger partial charge is 0.146 e. The third-order valence-electron chi connectivity index (χ3n) is 0.471. The normalized spacial score (nSPS) is 8.50. The highest BCUT2D eigenvalue weighted by Crippen LogP contribution is 1.76. The van der Waals surface area contributed by atoms with E-state index in [0.717, 1.165) is 10.5 Å². The minimum atomic E-state index is 0. The van der Waals surface area contributed by atoms with Crippen molar-refractivity contribution in [2.24, 2.45) is 0 Å². The lowest BCUT2D eigenvalue weighted by molar-refractivity contribution is 0.267. The van der Waals surface area contributed by atoms with Crippen molar-refractivity contribution in [2.45, 2.75) is 20.0 Å². The summed E-state index contributed by atoms with van der Waals surface area (Å²) in [4.78, 5) is 0. The van der Waals surface area contributed by atoms with Crippen LogP contribution in [0, 0.1) is 0 Å². The summed E-state index contributed by atoms with van der Waals surface area (Å²) in [6, 6.07) is 0. The molecule has 3 heteroatoms. The molecule has 0 aromatic carbocycles. The van der Waals surface area contributed by atoms with Crippen molar-refractivity contribution in [1.29, 1.82) is 0 Å². The van der Waals surface area contributed by atoms with Crippen molar-refractivity contribution in [3.8, 4) is 0 Å². The van der Waals surface area contributed by atoms with E-state index < -0.39 is 0 Å². The van der Waals surface area contributed by atoms with Gasteiger partial charge in [-0.15, -0.1) is 0 Å². The third-order valence-corrected chi connectivity index (χ3v) is 1.41. The van der Waals surface area contributed by atoms with Gasteiger partial charge in [0.2, 0.25) is 0 Å². The standard InChI is InChI=1S/C3H10OSi.H4Si/c1-3(2)4-5;/h3H,1-2,5H3;1H4. The number of hydrogen-bond acceptors (Lipinski definition) is 1. The molecular formula is C3H14OSi2. The molecule has 0 aliphatic carbocycles. The van der Waals surface area contributed by atoms with Crippen LogP contribution in [0.1, 0.15) is 13.8 Å². The maximum atomic E-state index is 4.89. The molecule has 0 aliphatic heterocycles. The Bertz CT molecular complexity index is 22.8. The van der Waals surface area contributed by atoms with E-state index in [1.807, 2.05) is 13.8 Å². The van der Waals surface area contributed by atoms with Gasteiger partial charge in [0, 0.05) is 6.10 Å². The Morgan fingerprint density at radius 3 is 1.67 bits per heavy atom. The van der Waals surface area contributed by atoms with Crippen LogP contribution in [0.4, 0.5) is 0 Å². The van der Waals surface area contributed by atoms with Gasteiger partial charge in [-0.3, -0.25) is 0 Å². The van der Waals surface area contributed by atoms with Crippen LogP contribution in [-0.4, -0.2) is 27.6 Å².